The Kier molecular flexibility index (Phi) is 6.56. The molecule has 0 aliphatic heterocycles. The molecule has 1 aromatic heterocycles. The van der Waals surface area contributed by atoms with E-state index in [4.69, 9.17) is 15.2 Å². The van der Waals surface area contributed by atoms with Crippen LogP contribution in [0.5, 0.6) is 0 Å². The molecule has 0 spiro atoms. The number of nitriles is 1. The van der Waals surface area contributed by atoms with Crippen LogP contribution in [0.1, 0.15) is 5.56 Å². The lowest BCUT2D eigenvalue weighted by atomic mass is 9.97. The normalized spacial score (nSPS) is 10.8. The highest BCUT2D eigenvalue weighted by atomic mass is 14.9. The fourth-order valence-corrected chi connectivity index (χ4v) is 5.28. The van der Waals surface area contributed by atoms with E-state index in [1.54, 1.807) is 0 Å². The second kappa shape index (κ2) is 11.0. The van der Waals surface area contributed by atoms with Crippen molar-refractivity contribution in [2.75, 3.05) is 0 Å². The fourth-order valence-electron chi connectivity index (χ4n) is 5.28. The lowest BCUT2D eigenvalue weighted by Gasteiger charge is -2.10. The summed E-state index contributed by atoms with van der Waals surface area (Å²) in [7, 11) is 0. The van der Waals surface area contributed by atoms with Crippen molar-refractivity contribution in [3.05, 3.63) is 157 Å². The summed E-state index contributed by atoms with van der Waals surface area (Å²) in [5, 5.41) is 10.1. The predicted octanol–water partition coefficient (Wildman–Crippen LogP) is 9.84. The number of benzene rings is 6. The van der Waals surface area contributed by atoms with Crippen molar-refractivity contribution in [1.82, 2.24) is 9.97 Å². The number of aromatic nitrogens is 2. The zero-order valence-corrected chi connectivity index (χ0v) is 22.8. The number of nitrogens with zero attached hydrogens (tertiary/aromatic N) is 3. The van der Waals surface area contributed by atoms with E-state index >= 15 is 0 Å². The average Bonchev–Trinajstić information content (AvgIpc) is 3.08. The molecule has 7 aromatic rings. The first-order valence-corrected chi connectivity index (χ1v) is 13.9. The van der Waals surface area contributed by atoms with E-state index in [1.165, 1.54) is 11.1 Å². The number of hydrogen-bond donors (Lipinski definition) is 0. The largest absolute Gasteiger partial charge is 0.228 e. The third-order valence-corrected chi connectivity index (χ3v) is 7.58. The molecule has 1 heterocycles. The molecule has 0 fully saturated rings. The van der Waals surface area contributed by atoms with E-state index in [0.717, 1.165) is 55.8 Å². The summed E-state index contributed by atoms with van der Waals surface area (Å²) in [6, 6.07) is 54.0. The minimum atomic E-state index is 0.671. The van der Waals surface area contributed by atoms with E-state index in [0.29, 0.717) is 5.56 Å². The van der Waals surface area contributed by atoms with Crippen LogP contribution >= 0.6 is 0 Å². The van der Waals surface area contributed by atoms with Crippen molar-refractivity contribution in [1.29, 1.82) is 5.26 Å². The standard InChI is InChI=1S/C39H25N3/c40-26-27-10-12-28(13-11-27)29-14-16-30(17-15-29)31-18-20-32(21-19-31)33-22-24-34(25-23-33)38-36-8-4-5-9-37(36)41-39(42-38)35-6-2-1-3-7-35/h1-25H. The van der Waals surface area contributed by atoms with Gasteiger partial charge in [-0.25, -0.2) is 9.97 Å². The topological polar surface area (TPSA) is 49.6 Å². The molecule has 0 aliphatic carbocycles. The SMILES string of the molecule is N#Cc1ccc(-c2ccc(-c3ccc(-c4ccc(-c5nc(-c6ccccc6)nc6ccccc56)cc4)cc3)cc2)cc1. The monoisotopic (exact) mass is 535 g/mol. The molecule has 0 radical (unpaired) electrons. The van der Waals surface area contributed by atoms with Gasteiger partial charge in [0.05, 0.1) is 22.8 Å². The zero-order chi connectivity index (χ0) is 28.3. The van der Waals surface area contributed by atoms with Crippen LogP contribution in [0.25, 0.3) is 66.9 Å². The first-order valence-electron chi connectivity index (χ1n) is 13.9. The van der Waals surface area contributed by atoms with Gasteiger partial charge in [0.25, 0.3) is 0 Å². The van der Waals surface area contributed by atoms with Gasteiger partial charge >= 0.3 is 0 Å². The third-order valence-electron chi connectivity index (χ3n) is 7.58. The van der Waals surface area contributed by atoms with Gasteiger partial charge in [-0.3, -0.25) is 0 Å². The predicted molar refractivity (Wildman–Crippen MR) is 171 cm³/mol. The second-order valence-electron chi connectivity index (χ2n) is 10.2. The Labute approximate surface area is 245 Å². The van der Waals surface area contributed by atoms with Crippen LogP contribution in [0.2, 0.25) is 0 Å². The van der Waals surface area contributed by atoms with Gasteiger partial charge in [-0.1, -0.05) is 133 Å². The molecule has 7 rings (SSSR count). The number of para-hydroxylation sites is 1. The molecule has 0 saturated heterocycles. The van der Waals surface area contributed by atoms with E-state index in [-0.39, 0.29) is 0 Å². The van der Waals surface area contributed by atoms with Gasteiger partial charge in [0.15, 0.2) is 5.82 Å². The maximum Gasteiger partial charge on any atom is 0.160 e. The molecule has 3 heteroatoms. The number of hydrogen-bond acceptors (Lipinski definition) is 3. The van der Waals surface area contributed by atoms with Crippen LogP contribution in [0.3, 0.4) is 0 Å². The Bertz CT molecular complexity index is 2040. The number of fused-ring (bicyclic) bond motifs is 1. The summed E-state index contributed by atoms with van der Waals surface area (Å²) in [5.41, 5.74) is 11.5. The summed E-state index contributed by atoms with van der Waals surface area (Å²) < 4.78 is 0. The van der Waals surface area contributed by atoms with E-state index in [2.05, 4.69) is 84.9 Å². The van der Waals surface area contributed by atoms with Gasteiger partial charge in [0, 0.05) is 16.5 Å². The summed E-state index contributed by atoms with van der Waals surface area (Å²) in [6.07, 6.45) is 0. The summed E-state index contributed by atoms with van der Waals surface area (Å²) in [4.78, 5) is 9.83. The molecule has 0 atom stereocenters. The maximum atomic E-state index is 9.04. The van der Waals surface area contributed by atoms with Gasteiger partial charge in [-0.05, 0) is 51.6 Å². The van der Waals surface area contributed by atoms with Crippen LogP contribution < -0.4 is 0 Å². The van der Waals surface area contributed by atoms with Crippen molar-refractivity contribution in [3.63, 3.8) is 0 Å². The highest BCUT2D eigenvalue weighted by molar-refractivity contribution is 5.94. The van der Waals surface area contributed by atoms with Crippen molar-refractivity contribution in [2.24, 2.45) is 0 Å². The lowest BCUT2D eigenvalue weighted by Crippen LogP contribution is -1.95. The minimum absolute atomic E-state index is 0.671. The minimum Gasteiger partial charge on any atom is -0.228 e. The Morgan fingerprint density at radius 1 is 0.381 bits per heavy atom. The molecular weight excluding hydrogens is 510 g/mol. The molecule has 42 heavy (non-hydrogen) atoms. The molecule has 0 aliphatic rings. The molecule has 0 bridgehead atoms. The Balaban J connectivity index is 1.14. The molecule has 0 N–H and O–H groups in total. The second-order valence-corrected chi connectivity index (χ2v) is 10.2. The van der Waals surface area contributed by atoms with Crippen molar-refractivity contribution in [3.8, 4) is 62.1 Å². The first-order chi connectivity index (χ1) is 20.7. The van der Waals surface area contributed by atoms with Crippen LogP contribution in [0.15, 0.2) is 152 Å². The van der Waals surface area contributed by atoms with Crippen LogP contribution in [-0.2, 0) is 0 Å². The molecule has 0 amide bonds. The van der Waals surface area contributed by atoms with Gasteiger partial charge in [-0.15, -0.1) is 0 Å². The van der Waals surface area contributed by atoms with Crippen LogP contribution in [-0.4, -0.2) is 9.97 Å². The van der Waals surface area contributed by atoms with Gasteiger partial charge < -0.3 is 0 Å². The van der Waals surface area contributed by atoms with E-state index < -0.39 is 0 Å². The molecule has 0 unspecified atom stereocenters. The van der Waals surface area contributed by atoms with E-state index in [1.807, 2.05) is 72.8 Å². The average molecular weight is 536 g/mol. The molecular formula is C39H25N3. The number of rotatable bonds is 5. The van der Waals surface area contributed by atoms with Gasteiger partial charge in [-0.2, -0.15) is 5.26 Å². The Morgan fingerprint density at radius 2 is 0.810 bits per heavy atom. The first kappa shape index (κ1) is 25.1. The molecule has 6 aromatic carbocycles. The quantitative estimate of drug-likeness (QED) is 0.220. The van der Waals surface area contributed by atoms with Gasteiger partial charge in [0.2, 0.25) is 0 Å². The third kappa shape index (κ3) is 4.94. The summed E-state index contributed by atoms with van der Waals surface area (Å²) in [5.74, 6) is 0.730. The van der Waals surface area contributed by atoms with Crippen LogP contribution in [0.4, 0.5) is 0 Å². The lowest BCUT2D eigenvalue weighted by molar-refractivity contribution is 1.23. The highest BCUT2D eigenvalue weighted by Crippen LogP contribution is 2.32. The maximum absolute atomic E-state index is 9.04. The fraction of sp³-hybridized carbons (Fsp3) is 0. The van der Waals surface area contributed by atoms with Crippen molar-refractivity contribution >= 4 is 10.9 Å². The molecule has 196 valence electrons. The van der Waals surface area contributed by atoms with E-state index in [9.17, 15) is 0 Å². The summed E-state index contributed by atoms with van der Waals surface area (Å²) in [6.45, 7) is 0. The summed E-state index contributed by atoms with van der Waals surface area (Å²) >= 11 is 0. The molecule has 3 nitrogen and oxygen atoms in total. The van der Waals surface area contributed by atoms with Crippen LogP contribution in [0, 0.1) is 11.3 Å². The highest BCUT2D eigenvalue weighted by Gasteiger charge is 2.11. The van der Waals surface area contributed by atoms with Crippen molar-refractivity contribution < 1.29 is 0 Å². The Hall–Kier alpha value is -5.85. The van der Waals surface area contributed by atoms with Crippen molar-refractivity contribution in [2.45, 2.75) is 0 Å². The smallest absolute Gasteiger partial charge is 0.160 e. The Morgan fingerprint density at radius 3 is 1.31 bits per heavy atom. The zero-order valence-electron chi connectivity index (χ0n) is 22.8. The van der Waals surface area contributed by atoms with Gasteiger partial charge in [0.1, 0.15) is 0 Å². The molecule has 0 saturated carbocycles.